The first-order valence-corrected chi connectivity index (χ1v) is 7.27. The summed E-state index contributed by atoms with van der Waals surface area (Å²) in [7, 11) is 0. The molecule has 0 aliphatic carbocycles. The largest absolute Gasteiger partial charge is 0.482 e. The summed E-state index contributed by atoms with van der Waals surface area (Å²) in [6, 6.07) is 15.2. The van der Waals surface area contributed by atoms with E-state index in [4.69, 9.17) is 9.47 Å². The maximum atomic E-state index is 11.2. The Bertz CT molecular complexity index is 617. The Hall–Kier alpha value is -2.33. The molecule has 0 aliphatic rings. The van der Waals surface area contributed by atoms with Crippen molar-refractivity contribution in [2.45, 2.75) is 20.0 Å². The summed E-state index contributed by atoms with van der Waals surface area (Å²) in [5, 5.41) is 9.64. The molecular weight excluding hydrogens is 280 g/mol. The SMILES string of the molecule is CCOC(=O)COc1ccc(-c2cccc([C@@H](C)O)c2)cc1. The molecule has 1 N–H and O–H groups in total. The van der Waals surface area contributed by atoms with Crippen molar-refractivity contribution in [1.82, 2.24) is 0 Å². The normalized spacial score (nSPS) is 11.8. The Labute approximate surface area is 130 Å². The predicted molar refractivity (Wildman–Crippen MR) is 84.6 cm³/mol. The summed E-state index contributed by atoms with van der Waals surface area (Å²) in [6.45, 7) is 3.75. The average molecular weight is 300 g/mol. The van der Waals surface area contributed by atoms with Crippen molar-refractivity contribution in [1.29, 1.82) is 0 Å². The maximum absolute atomic E-state index is 11.2. The van der Waals surface area contributed by atoms with Crippen LogP contribution >= 0.6 is 0 Å². The lowest BCUT2D eigenvalue weighted by molar-refractivity contribution is -0.145. The van der Waals surface area contributed by atoms with Crippen molar-refractivity contribution in [2.24, 2.45) is 0 Å². The Kier molecular flexibility index (Phi) is 5.55. The van der Waals surface area contributed by atoms with Crippen LogP contribution < -0.4 is 4.74 Å². The van der Waals surface area contributed by atoms with Gasteiger partial charge in [-0.2, -0.15) is 0 Å². The van der Waals surface area contributed by atoms with E-state index in [0.717, 1.165) is 16.7 Å². The van der Waals surface area contributed by atoms with Crippen LogP contribution in [0.3, 0.4) is 0 Å². The molecule has 2 rings (SSSR count). The highest BCUT2D eigenvalue weighted by Crippen LogP contribution is 2.25. The van der Waals surface area contributed by atoms with Crippen LogP contribution in [0, 0.1) is 0 Å². The standard InChI is InChI=1S/C18H20O4/c1-3-21-18(20)12-22-17-9-7-14(8-10-17)16-6-4-5-15(11-16)13(2)19/h4-11,13,19H,3,12H2,1-2H3/t13-/m1/s1. The van der Waals surface area contributed by atoms with Crippen LogP contribution in [0.15, 0.2) is 48.5 Å². The zero-order valence-corrected chi connectivity index (χ0v) is 12.8. The van der Waals surface area contributed by atoms with Gasteiger partial charge in [0.2, 0.25) is 0 Å². The molecule has 0 heterocycles. The summed E-state index contributed by atoms with van der Waals surface area (Å²) >= 11 is 0. The van der Waals surface area contributed by atoms with Crippen molar-refractivity contribution in [3.05, 3.63) is 54.1 Å². The molecule has 4 nitrogen and oxygen atoms in total. The number of ether oxygens (including phenoxy) is 2. The third-order valence-corrected chi connectivity index (χ3v) is 3.22. The summed E-state index contributed by atoms with van der Waals surface area (Å²) < 4.78 is 10.2. The number of carbonyl (C=O) groups excluding carboxylic acids is 1. The van der Waals surface area contributed by atoms with Crippen molar-refractivity contribution in [3.8, 4) is 16.9 Å². The Morgan fingerprint density at radius 1 is 1.14 bits per heavy atom. The van der Waals surface area contributed by atoms with E-state index in [1.807, 2.05) is 48.5 Å². The highest BCUT2D eigenvalue weighted by molar-refractivity contribution is 5.71. The van der Waals surface area contributed by atoms with Gasteiger partial charge < -0.3 is 14.6 Å². The lowest BCUT2D eigenvalue weighted by Gasteiger charge is -2.09. The van der Waals surface area contributed by atoms with Gasteiger partial charge in [0.1, 0.15) is 5.75 Å². The monoisotopic (exact) mass is 300 g/mol. The highest BCUT2D eigenvalue weighted by Gasteiger charge is 2.05. The van der Waals surface area contributed by atoms with Gasteiger partial charge in [0.15, 0.2) is 6.61 Å². The molecule has 2 aromatic carbocycles. The van der Waals surface area contributed by atoms with E-state index >= 15 is 0 Å². The maximum Gasteiger partial charge on any atom is 0.344 e. The van der Waals surface area contributed by atoms with Crippen LogP contribution in [0.1, 0.15) is 25.5 Å². The Morgan fingerprint density at radius 2 is 1.86 bits per heavy atom. The number of aliphatic hydroxyl groups excluding tert-OH is 1. The van der Waals surface area contributed by atoms with Gasteiger partial charge in [-0.15, -0.1) is 0 Å². The molecule has 0 unspecified atom stereocenters. The highest BCUT2D eigenvalue weighted by atomic mass is 16.6. The van der Waals surface area contributed by atoms with Gasteiger partial charge in [-0.3, -0.25) is 0 Å². The van der Waals surface area contributed by atoms with E-state index in [9.17, 15) is 9.90 Å². The zero-order valence-electron chi connectivity index (χ0n) is 12.8. The van der Waals surface area contributed by atoms with Gasteiger partial charge in [0.05, 0.1) is 12.7 Å². The molecule has 0 spiro atoms. The summed E-state index contributed by atoms with van der Waals surface area (Å²) in [4.78, 5) is 11.2. The molecule has 0 bridgehead atoms. The second-order valence-corrected chi connectivity index (χ2v) is 4.92. The molecule has 0 saturated heterocycles. The molecule has 0 saturated carbocycles. The smallest absolute Gasteiger partial charge is 0.344 e. The molecular formula is C18H20O4. The number of aliphatic hydroxyl groups is 1. The van der Waals surface area contributed by atoms with Crippen LogP contribution in [-0.4, -0.2) is 24.3 Å². The van der Waals surface area contributed by atoms with E-state index in [-0.39, 0.29) is 12.6 Å². The molecule has 0 aliphatic heterocycles. The van der Waals surface area contributed by atoms with E-state index in [0.29, 0.717) is 12.4 Å². The van der Waals surface area contributed by atoms with Gasteiger partial charge in [-0.05, 0) is 48.7 Å². The molecule has 0 amide bonds. The first-order valence-electron chi connectivity index (χ1n) is 7.27. The second kappa shape index (κ2) is 7.61. The van der Waals surface area contributed by atoms with Crippen LogP contribution in [0.5, 0.6) is 5.75 Å². The number of rotatable bonds is 6. The van der Waals surface area contributed by atoms with Gasteiger partial charge in [0.25, 0.3) is 0 Å². The molecule has 0 aromatic heterocycles. The summed E-state index contributed by atoms with van der Waals surface area (Å²) in [6.07, 6.45) is -0.493. The van der Waals surface area contributed by atoms with Crippen molar-refractivity contribution in [2.75, 3.05) is 13.2 Å². The van der Waals surface area contributed by atoms with Gasteiger partial charge in [-0.25, -0.2) is 4.79 Å². The fraction of sp³-hybridized carbons (Fsp3) is 0.278. The quantitative estimate of drug-likeness (QED) is 0.831. The molecule has 0 radical (unpaired) electrons. The van der Waals surface area contributed by atoms with Crippen LogP contribution in [-0.2, 0) is 9.53 Å². The van der Waals surface area contributed by atoms with Crippen molar-refractivity contribution in [3.63, 3.8) is 0 Å². The van der Waals surface area contributed by atoms with Crippen molar-refractivity contribution < 1.29 is 19.4 Å². The number of hydrogen-bond donors (Lipinski definition) is 1. The number of esters is 1. The van der Waals surface area contributed by atoms with E-state index < -0.39 is 6.10 Å². The Balaban J connectivity index is 2.05. The minimum absolute atomic E-state index is 0.0926. The Morgan fingerprint density at radius 3 is 2.50 bits per heavy atom. The lowest BCUT2D eigenvalue weighted by Crippen LogP contribution is -2.14. The molecule has 0 fully saturated rings. The third kappa shape index (κ3) is 4.33. The van der Waals surface area contributed by atoms with E-state index in [1.54, 1.807) is 13.8 Å². The first kappa shape index (κ1) is 16.0. The molecule has 2 aromatic rings. The minimum atomic E-state index is -0.493. The molecule has 22 heavy (non-hydrogen) atoms. The second-order valence-electron chi connectivity index (χ2n) is 4.92. The van der Waals surface area contributed by atoms with E-state index in [2.05, 4.69) is 0 Å². The molecule has 1 atom stereocenters. The fourth-order valence-corrected chi connectivity index (χ4v) is 2.07. The summed E-state index contributed by atoms with van der Waals surface area (Å²) in [5.41, 5.74) is 2.92. The average Bonchev–Trinajstić information content (AvgIpc) is 2.54. The van der Waals surface area contributed by atoms with Gasteiger partial charge in [0, 0.05) is 0 Å². The lowest BCUT2D eigenvalue weighted by atomic mass is 10.0. The third-order valence-electron chi connectivity index (χ3n) is 3.22. The van der Waals surface area contributed by atoms with Crippen molar-refractivity contribution >= 4 is 5.97 Å². The molecule has 4 heteroatoms. The number of hydrogen-bond acceptors (Lipinski definition) is 4. The van der Waals surface area contributed by atoms with Gasteiger partial charge >= 0.3 is 5.97 Å². The molecule has 116 valence electrons. The van der Waals surface area contributed by atoms with Crippen LogP contribution in [0.25, 0.3) is 11.1 Å². The number of carbonyl (C=O) groups is 1. The van der Waals surface area contributed by atoms with E-state index in [1.165, 1.54) is 0 Å². The summed E-state index contributed by atoms with van der Waals surface area (Å²) in [5.74, 6) is 0.236. The zero-order chi connectivity index (χ0) is 15.9. The predicted octanol–water partition coefficient (Wildman–Crippen LogP) is 3.35. The fourth-order valence-electron chi connectivity index (χ4n) is 2.07. The van der Waals surface area contributed by atoms with Gasteiger partial charge in [-0.1, -0.05) is 30.3 Å². The van der Waals surface area contributed by atoms with Crippen LogP contribution in [0.4, 0.5) is 0 Å². The van der Waals surface area contributed by atoms with Crippen LogP contribution in [0.2, 0.25) is 0 Å². The number of benzene rings is 2. The minimum Gasteiger partial charge on any atom is -0.482 e. The topological polar surface area (TPSA) is 55.8 Å². The first-order chi connectivity index (χ1) is 10.6.